The van der Waals surface area contributed by atoms with E-state index in [-0.39, 0.29) is 0 Å². The Morgan fingerprint density at radius 2 is 1.82 bits per heavy atom. The van der Waals surface area contributed by atoms with Gasteiger partial charge < -0.3 is 19.7 Å². The van der Waals surface area contributed by atoms with Crippen LogP contribution in [0, 0.1) is 11.8 Å². The second-order valence-corrected chi connectivity index (χ2v) is 7.93. The highest BCUT2D eigenvalue weighted by Gasteiger charge is 2.19. The van der Waals surface area contributed by atoms with Gasteiger partial charge in [0.25, 0.3) is 0 Å². The van der Waals surface area contributed by atoms with Crippen molar-refractivity contribution >= 4 is 17.3 Å². The standard InChI is InChI=1S/C22H30N4O2/c1-17-2-4-18(5-3-17)16-28-21-10-11-23-22(25-21)24-19-6-8-20(9-7-19)26-12-14-27-15-13-26/h6-11,17-18H,2-5,12-16H2,1H3,(H,23,24,25). The molecule has 0 radical (unpaired) electrons. The van der Waals surface area contributed by atoms with Crippen molar-refractivity contribution in [3.63, 3.8) is 0 Å². The van der Waals surface area contributed by atoms with Crippen LogP contribution in [0.4, 0.5) is 17.3 Å². The third kappa shape index (κ3) is 5.13. The topological polar surface area (TPSA) is 59.5 Å². The summed E-state index contributed by atoms with van der Waals surface area (Å²) in [6.07, 6.45) is 6.88. The van der Waals surface area contributed by atoms with Gasteiger partial charge in [-0.3, -0.25) is 0 Å². The van der Waals surface area contributed by atoms with Gasteiger partial charge in [-0.2, -0.15) is 4.98 Å². The van der Waals surface area contributed by atoms with E-state index in [0.29, 0.717) is 17.7 Å². The highest BCUT2D eigenvalue weighted by molar-refractivity contribution is 5.59. The fourth-order valence-electron chi connectivity index (χ4n) is 3.89. The first-order chi connectivity index (χ1) is 13.8. The molecular formula is C22H30N4O2. The molecule has 0 bridgehead atoms. The Labute approximate surface area is 167 Å². The summed E-state index contributed by atoms with van der Waals surface area (Å²) < 4.78 is 11.4. The van der Waals surface area contributed by atoms with E-state index in [4.69, 9.17) is 9.47 Å². The van der Waals surface area contributed by atoms with Crippen LogP contribution in [0.15, 0.2) is 36.5 Å². The van der Waals surface area contributed by atoms with Gasteiger partial charge in [-0.25, -0.2) is 4.98 Å². The first-order valence-corrected chi connectivity index (χ1v) is 10.4. The fourth-order valence-corrected chi connectivity index (χ4v) is 3.89. The van der Waals surface area contributed by atoms with Gasteiger partial charge in [0.05, 0.1) is 19.8 Å². The van der Waals surface area contributed by atoms with Gasteiger partial charge in [0.1, 0.15) is 0 Å². The number of ether oxygens (including phenoxy) is 2. The van der Waals surface area contributed by atoms with Gasteiger partial charge >= 0.3 is 0 Å². The maximum atomic E-state index is 5.95. The Kier molecular flexibility index (Phi) is 6.27. The van der Waals surface area contributed by atoms with Crippen molar-refractivity contribution in [2.24, 2.45) is 11.8 Å². The first-order valence-electron chi connectivity index (χ1n) is 10.4. The number of morpholine rings is 1. The van der Waals surface area contributed by atoms with E-state index in [0.717, 1.165) is 44.5 Å². The number of rotatable bonds is 6. The lowest BCUT2D eigenvalue weighted by Gasteiger charge is -2.28. The number of aromatic nitrogens is 2. The summed E-state index contributed by atoms with van der Waals surface area (Å²) in [5.74, 6) is 2.71. The van der Waals surface area contributed by atoms with Crippen LogP contribution in [-0.2, 0) is 4.74 Å². The SMILES string of the molecule is CC1CCC(COc2ccnc(Nc3ccc(N4CCOCC4)cc3)n2)CC1. The number of anilines is 3. The average molecular weight is 383 g/mol. The number of hydrogen-bond acceptors (Lipinski definition) is 6. The second kappa shape index (κ2) is 9.24. The van der Waals surface area contributed by atoms with E-state index in [1.165, 1.54) is 31.4 Å². The Balaban J connectivity index is 1.31. The molecule has 150 valence electrons. The number of benzene rings is 1. The van der Waals surface area contributed by atoms with Gasteiger partial charge in [0.2, 0.25) is 11.8 Å². The quantitative estimate of drug-likeness (QED) is 0.805. The van der Waals surface area contributed by atoms with Crippen molar-refractivity contribution < 1.29 is 9.47 Å². The minimum absolute atomic E-state index is 0.564. The van der Waals surface area contributed by atoms with Gasteiger partial charge in [-0.1, -0.05) is 19.8 Å². The molecule has 1 aliphatic heterocycles. The lowest BCUT2D eigenvalue weighted by Crippen LogP contribution is -2.36. The van der Waals surface area contributed by atoms with Crippen LogP contribution in [0.5, 0.6) is 5.88 Å². The van der Waals surface area contributed by atoms with Crippen molar-refractivity contribution in [2.75, 3.05) is 43.1 Å². The fraction of sp³-hybridized carbons (Fsp3) is 0.545. The summed E-state index contributed by atoms with van der Waals surface area (Å²) in [5, 5.41) is 3.27. The minimum Gasteiger partial charge on any atom is -0.477 e. The number of nitrogens with one attached hydrogen (secondary N) is 1. The van der Waals surface area contributed by atoms with E-state index in [1.807, 2.05) is 6.07 Å². The third-order valence-corrected chi connectivity index (χ3v) is 5.73. The van der Waals surface area contributed by atoms with E-state index in [9.17, 15) is 0 Å². The highest BCUT2D eigenvalue weighted by Crippen LogP contribution is 2.28. The molecule has 0 spiro atoms. The summed E-state index contributed by atoms with van der Waals surface area (Å²) in [5.41, 5.74) is 2.18. The number of nitrogens with zero attached hydrogens (tertiary/aromatic N) is 3. The molecule has 28 heavy (non-hydrogen) atoms. The van der Waals surface area contributed by atoms with Crippen LogP contribution in [0.3, 0.4) is 0 Å². The zero-order valence-electron chi connectivity index (χ0n) is 16.6. The monoisotopic (exact) mass is 382 g/mol. The molecule has 1 aromatic carbocycles. The van der Waals surface area contributed by atoms with Crippen LogP contribution in [-0.4, -0.2) is 42.9 Å². The molecule has 0 amide bonds. The maximum absolute atomic E-state index is 5.95. The molecular weight excluding hydrogens is 352 g/mol. The largest absolute Gasteiger partial charge is 0.477 e. The molecule has 2 fully saturated rings. The zero-order chi connectivity index (χ0) is 19.2. The Morgan fingerprint density at radius 3 is 2.57 bits per heavy atom. The van der Waals surface area contributed by atoms with Gasteiger partial charge in [-0.15, -0.1) is 0 Å². The van der Waals surface area contributed by atoms with Crippen molar-refractivity contribution in [3.05, 3.63) is 36.5 Å². The lowest BCUT2D eigenvalue weighted by atomic mass is 9.83. The zero-order valence-corrected chi connectivity index (χ0v) is 16.6. The van der Waals surface area contributed by atoms with E-state index in [2.05, 4.69) is 51.4 Å². The highest BCUT2D eigenvalue weighted by atomic mass is 16.5. The van der Waals surface area contributed by atoms with E-state index in [1.54, 1.807) is 6.20 Å². The van der Waals surface area contributed by atoms with Gasteiger partial charge in [0.15, 0.2) is 0 Å². The van der Waals surface area contributed by atoms with E-state index < -0.39 is 0 Å². The summed E-state index contributed by atoms with van der Waals surface area (Å²) in [6, 6.07) is 10.2. The van der Waals surface area contributed by atoms with Crippen LogP contribution >= 0.6 is 0 Å². The van der Waals surface area contributed by atoms with Crippen LogP contribution < -0.4 is 15.0 Å². The molecule has 4 rings (SSSR count). The predicted octanol–water partition coefficient (Wildman–Crippen LogP) is 4.26. The molecule has 1 aromatic heterocycles. The first kappa shape index (κ1) is 19.0. The molecule has 0 unspecified atom stereocenters. The molecule has 2 aliphatic rings. The van der Waals surface area contributed by atoms with Crippen LogP contribution in [0.1, 0.15) is 32.6 Å². The predicted molar refractivity (Wildman–Crippen MR) is 111 cm³/mol. The lowest BCUT2D eigenvalue weighted by molar-refractivity contribution is 0.122. The number of hydrogen-bond donors (Lipinski definition) is 1. The van der Waals surface area contributed by atoms with Crippen LogP contribution in [0.25, 0.3) is 0 Å². The van der Waals surface area contributed by atoms with Crippen LogP contribution in [0.2, 0.25) is 0 Å². The Hall–Kier alpha value is -2.34. The van der Waals surface area contributed by atoms with Crippen molar-refractivity contribution in [3.8, 4) is 5.88 Å². The van der Waals surface area contributed by atoms with Gasteiger partial charge in [-0.05, 0) is 48.9 Å². The maximum Gasteiger partial charge on any atom is 0.230 e. The molecule has 1 aliphatic carbocycles. The molecule has 0 atom stereocenters. The summed E-state index contributed by atoms with van der Waals surface area (Å²) >= 11 is 0. The molecule has 2 heterocycles. The molecule has 1 N–H and O–H groups in total. The normalized spacial score (nSPS) is 22.7. The van der Waals surface area contributed by atoms with Crippen molar-refractivity contribution in [2.45, 2.75) is 32.6 Å². The van der Waals surface area contributed by atoms with Crippen molar-refractivity contribution in [1.82, 2.24) is 9.97 Å². The Bertz CT molecular complexity index is 738. The van der Waals surface area contributed by atoms with Crippen molar-refractivity contribution in [1.29, 1.82) is 0 Å². The van der Waals surface area contributed by atoms with Gasteiger partial charge in [0, 0.05) is 36.7 Å². The minimum atomic E-state index is 0.564. The molecule has 1 saturated heterocycles. The smallest absolute Gasteiger partial charge is 0.230 e. The molecule has 2 aromatic rings. The summed E-state index contributed by atoms with van der Waals surface area (Å²) in [7, 11) is 0. The van der Waals surface area contributed by atoms with E-state index >= 15 is 0 Å². The summed E-state index contributed by atoms with van der Waals surface area (Å²) in [4.78, 5) is 11.2. The summed E-state index contributed by atoms with van der Waals surface area (Å²) in [6.45, 7) is 6.55. The molecule has 6 heteroatoms. The average Bonchev–Trinajstić information content (AvgIpc) is 2.75. The molecule has 6 nitrogen and oxygen atoms in total. The second-order valence-electron chi connectivity index (χ2n) is 7.93. The Morgan fingerprint density at radius 1 is 1.07 bits per heavy atom. The molecule has 1 saturated carbocycles. The third-order valence-electron chi connectivity index (χ3n) is 5.73.